The Morgan fingerprint density at radius 2 is 1.65 bits per heavy atom. The maximum atomic E-state index is 13.6. The molecule has 0 bridgehead atoms. The number of para-hydroxylation sites is 1. The van der Waals surface area contributed by atoms with Gasteiger partial charge in [0.05, 0.1) is 36.4 Å². The van der Waals surface area contributed by atoms with Crippen molar-refractivity contribution in [2.45, 2.75) is 25.8 Å². The molecule has 2 atom stereocenters. The Morgan fingerprint density at radius 3 is 2.24 bits per heavy atom. The second kappa shape index (κ2) is 10.5. The zero-order chi connectivity index (χ0) is 24.1. The van der Waals surface area contributed by atoms with Crippen molar-refractivity contribution in [2.75, 3.05) is 25.1 Å². The summed E-state index contributed by atoms with van der Waals surface area (Å²) in [5.74, 6) is -0.523. The Kier molecular flexibility index (Phi) is 7.28. The van der Waals surface area contributed by atoms with E-state index < -0.39 is 5.92 Å². The number of hydrogen-bond donors (Lipinski definition) is 2. The van der Waals surface area contributed by atoms with Crippen molar-refractivity contribution in [1.82, 2.24) is 4.90 Å². The van der Waals surface area contributed by atoms with Gasteiger partial charge in [-0.2, -0.15) is 0 Å². The van der Waals surface area contributed by atoms with Gasteiger partial charge in [0.2, 0.25) is 5.91 Å². The number of aliphatic hydroxyl groups is 1. The van der Waals surface area contributed by atoms with Crippen LogP contribution < -0.4 is 10.1 Å². The third kappa shape index (κ3) is 4.97. The van der Waals surface area contributed by atoms with E-state index in [1.54, 1.807) is 23.1 Å². The van der Waals surface area contributed by atoms with Gasteiger partial charge in [0.25, 0.3) is 5.91 Å². The van der Waals surface area contributed by atoms with Crippen molar-refractivity contribution in [3.8, 4) is 5.75 Å². The second-order valence-electron chi connectivity index (χ2n) is 8.83. The number of carbonyl (C=O) groups is 2. The predicted molar refractivity (Wildman–Crippen MR) is 132 cm³/mol. The van der Waals surface area contributed by atoms with Gasteiger partial charge >= 0.3 is 0 Å². The van der Waals surface area contributed by atoms with E-state index in [9.17, 15) is 14.7 Å². The van der Waals surface area contributed by atoms with E-state index >= 15 is 0 Å². The molecule has 0 saturated heterocycles. The van der Waals surface area contributed by atoms with Gasteiger partial charge in [-0.1, -0.05) is 73.7 Å². The minimum atomic E-state index is -0.521. The Balaban J connectivity index is 1.70. The standard InChI is InChI=1S/C28H30N2O4/c1-19-16-30(20(2)17-31)28(33)23-14-9-15-24(26(23)34-18-19)29-27(32)25(21-10-5-3-6-11-21)22-12-7-4-8-13-22/h3-15,19-20,25,31H,16-18H2,1-2H3,(H,29,32)/t19-,20+/m1/s1. The van der Waals surface area contributed by atoms with Crippen LogP contribution in [0.15, 0.2) is 78.9 Å². The van der Waals surface area contributed by atoms with Crippen molar-refractivity contribution in [3.05, 3.63) is 95.6 Å². The molecule has 1 aliphatic heterocycles. The van der Waals surface area contributed by atoms with Crippen molar-refractivity contribution in [1.29, 1.82) is 0 Å². The Labute approximate surface area is 200 Å². The Hall–Kier alpha value is -3.64. The van der Waals surface area contributed by atoms with Gasteiger partial charge in [-0.05, 0) is 30.2 Å². The molecule has 6 heteroatoms. The molecule has 0 fully saturated rings. The van der Waals surface area contributed by atoms with E-state index in [-0.39, 0.29) is 30.4 Å². The average Bonchev–Trinajstić information content (AvgIpc) is 2.86. The zero-order valence-electron chi connectivity index (χ0n) is 19.5. The lowest BCUT2D eigenvalue weighted by atomic mass is 9.90. The van der Waals surface area contributed by atoms with Crippen LogP contribution in [0.25, 0.3) is 0 Å². The van der Waals surface area contributed by atoms with Crippen LogP contribution in [-0.4, -0.2) is 47.6 Å². The molecule has 1 aliphatic rings. The summed E-state index contributed by atoms with van der Waals surface area (Å²) in [6, 6.07) is 24.1. The molecule has 2 amide bonds. The summed E-state index contributed by atoms with van der Waals surface area (Å²) in [5.41, 5.74) is 2.58. The molecule has 0 aromatic heterocycles. The number of anilines is 1. The minimum absolute atomic E-state index is 0.0660. The van der Waals surface area contributed by atoms with Crippen LogP contribution in [-0.2, 0) is 4.79 Å². The largest absolute Gasteiger partial charge is 0.490 e. The number of hydrogen-bond acceptors (Lipinski definition) is 4. The molecule has 0 saturated carbocycles. The summed E-state index contributed by atoms with van der Waals surface area (Å²) in [7, 11) is 0. The molecular formula is C28H30N2O4. The first kappa shape index (κ1) is 23.5. The number of carbonyl (C=O) groups excluding carboxylic acids is 2. The molecule has 0 radical (unpaired) electrons. The van der Waals surface area contributed by atoms with Crippen LogP contribution in [0, 0.1) is 5.92 Å². The highest BCUT2D eigenvalue weighted by Crippen LogP contribution is 2.34. The quantitative estimate of drug-likeness (QED) is 0.577. The van der Waals surface area contributed by atoms with Crippen molar-refractivity contribution in [2.24, 2.45) is 5.92 Å². The van der Waals surface area contributed by atoms with Gasteiger partial charge in [-0.25, -0.2) is 0 Å². The SMILES string of the molecule is C[C@H]1COc2c(NC(=O)C(c3ccccc3)c3ccccc3)cccc2C(=O)N([C@@H](C)CO)C1. The van der Waals surface area contributed by atoms with Crippen molar-refractivity contribution >= 4 is 17.5 Å². The minimum Gasteiger partial charge on any atom is -0.490 e. The van der Waals surface area contributed by atoms with E-state index in [1.807, 2.05) is 74.5 Å². The highest BCUT2D eigenvalue weighted by molar-refractivity contribution is 6.03. The Morgan fingerprint density at radius 1 is 1.03 bits per heavy atom. The first-order valence-electron chi connectivity index (χ1n) is 11.6. The first-order valence-corrected chi connectivity index (χ1v) is 11.6. The fraction of sp³-hybridized carbons (Fsp3) is 0.286. The van der Waals surface area contributed by atoms with Gasteiger partial charge in [-0.3, -0.25) is 9.59 Å². The number of fused-ring (bicyclic) bond motifs is 1. The van der Waals surface area contributed by atoms with Crippen LogP contribution in [0.3, 0.4) is 0 Å². The summed E-state index contributed by atoms with van der Waals surface area (Å²) >= 11 is 0. The molecule has 6 nitrogen and oxygen atoms in total. The molecule has 3 aromatic rings. The van der Waals surface area contributed by atoms with E-state index in [0.717, 1.165) is 11.1 Å². The number of rotatable bonds is 6. The van der Waals surface area contributed by atoms with E-state index in [0.29, 0.717) is 30.2 Å². The van der Waals surface area contributed by atoms with E-state index in [4.69, 9.17) is 4.74 Å². The number of ether oxygens (including phenoxy) is 1. The number of nitrogens with one attached hydrogen (secondary N) is 1. The lowest BCUT2D eigenvalue weighted by Crippen LogP contribution is -2.45. The number of amides is 2. The van der Waals surface area contributed by atoms with Crippen molar-refractivity contribution in [3.63, 3.8) is 0 Å². The molecule has 34 heavy (non-hydrogen) atoms. The van der Waals surface area contributed by atoms with Crippen LogP contribution in [0.5, 0.6) is 5.75 Å². The van der Waals surface area contributed by atoms with E-state index in [2.05, 4.69) is 5.32 Å². The Bertz CT molecular complexity index is 1090. The molecule has 176 valence electrons. The van der Waals surface area contributed by atoms with Crippen LogP contribution in [0.2, 0.25) is 0 Å². The molecule has 4 rings (SSSR count). The lowest BCUT2D eigenvalue weighted by Gasteiger charge is -2.33. The highest BCUT2D eigenvalue weighted by Gasteiger charge is 2.30. The number of nitrogens with zero attached hydrogens (tertiary/aromatic N) is 1. The summed E-state index contributed by atoms with van der Waals surface area (Å²) < 4.78 is 6.07. The molecule has 0 aliphatic carbocycles. The number of aliphatic hydroxyl groups excluding tert-OH is 1. The smallest absolute Gasteiger partial charge is 0.258 e. The van der Waals surface area contributed by atoms with Gasteiger partial charge in [0.15, 0.2) is 5.75 Å². The zero-order valence-corrected chi connectivity index (χ0v) is 19.5. The summed E-state index contributed by atoms with van der Waals surface area (Å²) in [4.78, 5) is 28.7. The predicted octanol–water partition coefficient (Wildman–Crippen LogP) is 4.31. The lowest BCUT2D eigenvalue weighted by molar-refractivity contribution is -0.116. The maximum Gasteiger partial charge on any atom is 0.258 e. The maximum absolute atomic E-state index is 13.6. The second-order valence-corrected chi connectivity index (χ2v) is 8.83. The monoisotopic (exact) mass is 458 g/mol. The third-order valence-electron chi connectivity index (χ3n) is 6.11. The van der Waals surface area contributed by atoms with Crippen molar-refractivity contribution < 1.29 is 19.4 Å². The first-order chi connectivity index (χ1) is 16.5. The van der Waals surface area contributed by atoms with Gasteiger partial charge in [0.1, 0.15) is 0 Å². The van der Waals surface area contributed by atoms with E-state index in [1.165, 1.54) is 0 Å². The van der Waals surface area contributed by atoms with Gasteiger partial charge < -0.3 is 20.1 Å². The van der Waals surface area contributed by atoms with Gasteiger partial charge in [-0.15, -0.1) is 0 Å². The molecule has 3 aromatic carbocycles. The molecule has 0 unspecified atom stereocenters. The normalized spacial score (nSPS) is 16.8. The number of benzene rings is 3. The molecule has 2 N–H and O–H groups in total. The topological polar surface area (TPSA) is 78.9 Å². The summed E-state index contributed by atoms with van der Waals surface area (Å²) in [6.07, 6.45) is 0. The average molecular weight is 459 g/mol. The summed E-state index contributed by atoms with van der Waals surface area (Å²) in [5, 5.41) is 12.7. The third-order valence-corrected chi connectivity index (χ3v) is 6.11. The van der Waals surface area contributed by atoms with Crippen LogP contribution >= 0.6 is 0 Å². The summed E-state index contributed by atoms with van der Waals surface area (Å²) in [6.45, 7) is 4.57. The molecular weight excluding hydrogens is 428 g/mol. The fourth-order valence-electron chi connectivity index (χ4n) is 4.28. The molecule has 1 heterocycles. The van der Waals surface area contributed by atoms with Crippen LogP contribution in [0.4, 0.5) is 5.69 Å². The highest BCUT2D eigenvalue weighted by atomic mass is 16.5. The van der Waals surface area contributed by atoms with Crippen LogP contribution in [0.1, 0.15) is 41.3 Å². The fourth-order valence-corrected chi connectivity index (χ4v) is 4.28. The molecule has 0 spiro atoms. The van der Waals surface area contributed by atoms with Gasteiger partial charge in [0, 0.05) is 12.5 Å².